The number of likely N-dealkylation sites (N-methyl/N-ethyl adjacent to an activating group) is 1. The summed E-state index contributed by atoms with van der Waals surface area (Å²) in [5.74, 6) is -0.661. The summed E-state index contributed by atoms with van der Waals surface area (Å²) in [5.41, 5.74) is 0. The molecule has 20 heavy (non-hydrogen) atoms. The average molecular weight is 276 g/mol. The number of hydrogen-bond donors (Lipinski definition) is 2. The van der Waals surface area contributed by atoms with Crippen LogP contribution in [0.25, 0.3) is 0 Å². The molecule has 2 N–H and O–H groups in total. The van der Waals surface area contributed by atoms with Gasteiger partial charge in [-0.3, -0.25) is 14.3 Å². The second-order valence-corrected chi connectivity index (χ2v) is 4.09. The van der Waals surface area contributed by atoms with Crippen molar-refractivity contribution in [2.24, 2.45) is 0 Å². The fourth-order valence-electron chi connectivity index (χ4n) is 1.78. The van der Waals surface area contributed by atoms with Crippen molar-refractivity contribution in [3.63, 3.8) is 0 Å². The molecular formula is C13H16N4O3. The highest BCUT2D eigenvalue weighted by Gasteiger charge is 2.20. The van der Waals surface area contributed by atoms with Crippen LogP contribution in [0.15, 0.2) is 41.3 Å². The molecule has 0 saturated heterocycles. The maximum absolute atomic E-state index is 11.6. The predicted molar refractivity (Wildman–Crippen MR) is 70.8 cm³/mol. The molecule has 7 nitrogen and oxygen atoms in total. The molecule has 0 bridgehead atoms. The van der Waals surface area contributed by atoms with Crippen LogP contribution in [0.1, 0.15) is 18.7 Å². The van der Waals surface area contributed by atoms with Gasteiger partial charge in [0.15, 0.2) is 0 Å². The third-order valence-corrected chi connectivity index (χ3v) is 2.72. The van der Waals surface area contributed by atoms with Gasteiger partial charge in [0.25, 0.3) is 0 Å². The van der Waals surface area contributed by atoms with E-state index in [0.717, 1.165) is 0 Å². The van der Waals surface area contributed by atoms with Crippen LogP contribution in [0.3, 0.4) is 0 Å². The number of aromatic nitrogens is 2. The summed E-state index contributed by atoms with van der Waals surface area (Å²) in [7, 11) is 0. The van der Waals surface area contributed by atoms with E-state index in [0.29, 0.717) is 12.3 Å². The highest BCUT2D eigenvalue weighted by Crippen LogP contribution is 2.16. The van der Waals surface area contributed by atoms with E-state index in [9.17, 15) is 9.59 Å². The van der Waals surface area contributed by atoms with E-state index < -0.39 is 11.8 Å². The molecular weight excluding hydrogens is 260 g/mol. The Bertz CT molecular complexity index is 514. The standard InChI is InChI=1S/C13H16N4O3/c1-2-14-12(18)13(19)15-9-10(11-5-3-8-20-11)17-7-4-6-16-17/h3-8,10H,2,9H2,1H3,(H,14,18)(H,15,19). The molecule has 2 rings (SSSR count). The van der Waals surface area contributed by atoms with Crippen molar-refractivity contribution in [3.8, 4) is 0 Å². The van der Waals surface area contributed by atoms with E-state index in [2.05, 4.69) is 15.7 Å². The van der Waals surface area contributed by atoms with E-state index in [1.165, 1.54) is 0 Å². The minimum atomic E-state index is -0.671. The minimum Gasteiger partial charge on any atom is -0.467 e. The van der Waals surface area contributed by atoms with E-state index in [1.54, 1.807) is 48.5 Å². The molecule has 2 amide bonds. The van der Waals surface area contributed by atoms with Crippen LogP contribution in [-0.2, 0) is 9.59 Å². The van der Waals surface area contributed by atoms with Crippen LogP contribution < -0.4 is 10.6 Å². The lowest BCUT2D eigenvalue weighted by Gasteiger charge is -2.15. The van der Waals surface area contributed by atoms with Gasteiger partial charge >= 0.3 is 11.8 Å². The average Bonchev–Trinajstić information content (AvgIpc) is 3.12. The van der Waals surface area contributed by atoms with Gasteiger partial charge in [-0.25, -0.2) is 0 Å². The Hall–Kier alpha value is -2.57. The molecule has 0 radical (unpaired) electrons. The van der Waals surface area contributed by atoms with E-state index in [4.69, 9.17) is 4.42 Å². The van der Waals surface area contributed by atoms with Crippen molar-refractivity contribution in [3.05, 3.63) is 42.6 Å². The topological polar surface area (TPSA) is 89.2 Å². The Morgan fingerprint density at radius 2 is 2.15 bits per heavy atom. The highest BCUT2D eigenvalue weighted by molar-refractivity contribution is 6.35. The number of amides is 2. The molecule has 106 valence electrons. The first-order valence-electron chi connectivity index (χ1n) is 6.31. The van der Waals surface area contributed by atoms with Crippen molar-refractivity contribution < 1.29 is 14.0 Å². The van der Waals surface area contributed by atoms with E-state index in [1.807, 2.05) is 0 Å². The fraction of sp³-hybridized carbons (Fsp3) is 0.308. The van der Waals surface area contributed by atoms with Gasteiger partial charge < -0.3 is 15.1 Å². The van der Waals surface area contributed by atoms with Crippen LogP contribution >= 0.6 is 0 Å². The Morgan fingerprint density at radius 3 is 2.75 bits per heavy atom. The van der Waals surface area contributed by atoms with Crippen LogP contribution in [0.4, 0.5) is 0 Å². The molecule has 0 aliphatic carbocycles. The van der Waals surface area contributed by atoms with Crippen molar-refractivity contribution in [2.45, 2.75) is 13.0 Å². The number of rotatable bonds is 5. The minimum absolute atomic E-state index is 0.213. The zero-order chi connectivity index (χ0) is 14.4. The predicted octanol–water partition coefficient (Wildman–Crippen LogP) is 0.318. The number of furan rings is 1. The van der Waals surface area contributed by atoms with E-state index >= 15 is 0 Å². The van der Waals surface area contributed by atoms with Crippen LogP contribution in [0.2, 0.25) is 0 Å². The number of carbonyl (C=O) groups excluding carboxylic acids is 2. The Labute approximate surface area is 116 Å². The maximum atomic E-state index is 11.6. The lowest BCUT2D eigenvalue weighted by Crippen LogP contribution is -2.42. The van der Waals surface area contributed by atoms with Crippen LogP contribution in [0, 0.1) is 0 Å². The summed E-state index contributed by atoms with van der Waals surface area (Å²) in [6.45, 7) is 2.37. The Morgan fingerprint density at radius 1 is 1.35 bits per heavy atom. The smallest absolute Gasteiger partial charge is 0.309 e. The molecule has 0 aromatic carbocycles. The molecule has 2 aromatic heterocycles. The Kier molecular flexibility index (Phi) is 4.54. The van der Waals surface area contributed by atoms with Gasteiger partial charge in [-0.05, 0) is 25.1 Å². The maximum Gasteiger partial charge on any atom is 0.309 e. The fourth-order valence-corrected chi connectivity index (χ4v) is 1.78. The molecule has 0 aliphatic heterocycles. The van der Waals surface area contributed by atoms with Crippen molar-refractivity contribution in [2.75, 3.05) is 13.1 Å². The number of carbonyl (C=O) groups is 2. The van der Waals surface area contributed by atoms with Gasteiger partial charge in [0.05, 0.1) is 6.26 Å². The molecule has 2 heterocycles. The van der Waals surface area contributed by atoms with Gasteiger partial charge in [0, 0.05) is 25.5 Å². The lowest BCUT2D eigenvalue weighted by molar-refractivity contribution is -0.139. The Balaban J connectivity index is 2.03. The quantitative estimate of drug-likeness (QED) is 0.770. The van der Waals surface area contributed by atoms with Crippen molar-refractivity contribution in [1.82, 2.24) is 20.4 Å². The van der Waals surface area contributed by atoms with E-state index in [-0.39, 0.29) is 12.6 Å². The second-order valence-electron chi connectivity index (χ2n) is 4.09. The largest absolute Gasteiger partial charge is 0.467 e. The van der Waals surface area contributed by atoms with Gasteiger partial charge in [0.1, 0.15) is 11.8 Å². The monoisotopic (exact) mass is 276 g/mol. The molecule has 7 heteroatoms. The van der Waals surface area contributed by atoms with Crippen molar-refractivity contribution in [1.29, 1.82) is 0 Å². The first-order chi connectivity index (χ1) is 9.72. The molecule has 0 saturated carbocycles. The first-order valence-corrected chi connectivity index (χ1v) is 6.31. The number of nitrogens with one attached hydrogen (secondary N) is 2. The third kappa shape index (κ3) is 3.25. The zero-order valence-corrected chi connectivity index (χ0v) is 11.1. The summed E-state index contributed by atoms with van der Waals surface area (Å²) in [4.78, 5) is 23.0. The van der Waals surface area contributed by atoms with Crippen LogP contribution in [0.5, 0.6) is 0 Å². The van der Waals surface area contributed by atoms with Crippen molar-refractivity contribution >= 4 is 11.8 Å². The summed E-state index contributed by atoms with van der Waals surface area (Å²) in [6, 6.07) is 5.04. The zero-order valence-electron chi connectivity index (χ0n) is 11.1. The summed E-state index contributed by atoms with van der Waals surface area (Å²) in [5, 5.41) is 9.15. The molecule has 0 spiro atoms. The molecule has 0 aliphatic rings. The summed E-state index contributed by atoms with van der Waals surface area (Å²) >= 11 is 0. The van der Waals surface area contributed by atoms with Gasteiger partial charge in [-0.1, -0.05) is 0 Å². The number of nitrogens with zero attached hydrogens (tertiary/aromatic N) is 2. The lowest BCUT2D eigenvalue weighted by atomic mass is 10.2. The normalized spacial score (nSPS) is 11.8. The van der Waals surface area contributed by atoms with Gasteiger partial charge in [-0.15, -0.1) is 0 Å². The second kappa shape index (κ2) is 6.55. The highest BCUT2D eigenvalue weighted by atomic mass is 16.3. The molecule has 2 aromatic rings. The van der Waals surface area contributed by atoms with Crippen LogP contribution in [-0.4, -0.2) is 34.7 Å². The summed E-state index contributed by atoms with van der Waals surface area (Å²) in [6.07, 6.45) is 4.96. The van der Waals surface area contributed by atoms with Gasteiger partial charge in [-0.2, -0.15) is 5.10 Å². The summed E-state index contributed by atoms with van der Waals surface area (Å²) < 4.78 is 7.01. The molecule has 1 atom stereocenters. The molecule has 1 unspecified atom stereocenters. The third-order valence-electron chi connectivity index (χ3n) is 2.72. The number of hydrogen-bond acceptors (Lipinski definition) is 4. The first kappa shape index (κ1) is 13.9. The SMILES string of the molecule is CCNC(=O)C(=O)NCC(c1ccco1)n1cccn1. The molecule has 0 fully saturated rings. The van der Waals surface area contributed by atoms with Gasteiger partial charge in [0.2, 0.25) is 0 Å².